The van der Waals surface area contributed by atoms with Crippen molar-refractivity contribution in [3.05, 3.63) is 35.9 Å². The maximum Gasteiger partial charge on any atom is 0.0105 e. The summed E-state index contributed by atoms with van der Waals surface area (Å²) in [5.74, 6) is 3.10. The van der Waals surface area contributed by atoms with Crippen molar-refractivity contribution in [3.63, 3.8) is 0 Å². The SMILES string of the molecule is CCC(Cc1ccccc1)NCC1CC2CCC1C2. The quantitative estimate of drug-likeness (QED) is 0.811. The van der Waals surface area contributed by atoms with E-state index in [0.717, 1.165) is 17.8 Å². The van der Waals surface area contributed by atoms with E-state index in [2.05, 4.69) is 42.6 Å². The monoisotopic (exact) mass is 257 g/mol. The fourth-order valence-corrected chi connectivity index (χ4v) is 4.20. The minimum absolute atomic E-state index is 0.654. The van der Waals surface area contributed by atoms with Gasteiger partial charge in [0.05, 0.1) is 0 Å². The second kappa shape index (κ2) is 6.09. The maximum atomic E-state index is 3.84. The van der Waals surface area contributed by atoms with E-state index < -0.39 is 0 Å². The van der Waals surface area contributed by atoms with E-state index in [-0.39, 0.29) is 0 Å². The van der Waals surface area contributed by atoms with Gasteiger partial charge in [-0.1, -0.05) is 43.7 Å². The predicted octanol–water partition coefficient (Wildman–Crippen LogP) is 4.03. The van der Waals surface area contributed by atoms with Gasteiger partial charge in [-0.25, -0.2) is 0 Å². The molecule has 0 aliphatic heterocycles. The van der Waals surface area contributed by atoms with Gasteiger partial charge in [0.15, 0.2) is 0 Å². The molecule has 2 saturated carbocycles. The van der Waals surface area contributed by atoms with Gasteiger partial charge in [-0.15, -0.1) is 0 Å². The van der Waals surface area contributed by atoms with Crippen molar-refractivity contribution >= 4 is 0 Å². The van der Waals surface area contributed by atoms with Gasteiger partial charge < -0.3 is 5.32 Å². The molecule has 1 N–H and O–H groups in total. The van der Waals surface area contributed by atoms with Gasteiger partial charge >= 0.3 is 0 Å². The molecule has 104 valence electrons. The van der Waals surface area contributed by atoms with E-state index >= 15 is 0 Å². The molecule has 0 saturated heterocycles. The third kappa shape index (κ3) is 3.20. The lowest BCUT2D eigenvalue weighted by Crippen LogP contribution is -2.36. The summed E-state index contributed by atoms with van der Waals surface area (Å²) < 4.78 is 0. The fourth-order valence-electron chi connectivity index (χ4n) is 4.20. The summed E-state index contributed by atoms with van der Waals surface area (Å²) in [5, 5.41) is 3.84. The lowest BCUT2D eigenvalue weighted by atomic mass is 9.88. The van der Waals surface area contributed by atoms with E-state index in [0.29, 0.717) is 6.04 Å². The lowest BCUT2D eigenvalue weighted by molar-refractivity contribution is 0.303. The molecule has 1 nitrogen and oxygen atoms in total. The molecule has 0 heterocycles. The minimum Gasteiger partial charge on any atom is -0.313 e. The van der Waals surface area contributed by atoms with Crippen LogP contribution in [0.3, 0.4) is 0 Å². The van der Waals surface area contributed by atoms with E-state index in [4.69, 9.17) is 0 Å². The molecule has 0 amide bonds. The van der Waals surface area contributed by atoms with Crippen molar-refractivity contribution < 1.29 is 0 Å². The molecule has 0 aromatic heterocycles. The van der Waals surface area contributed by atoms with Crippen LogP contribution in [0.25, 0.3) is 0 Å². The smallest absolute Gasteiger partial charge is 0.0105 e. The molecule has 0 spiro atoms. The molecule has 19 heavy (non-hydrogen) atoms. The lowest BCUT2D eigenvalue weighted by Gasteiger charge is -2.25. The van der Waals surface area contributed by atoms with Gasteiger partial charge in [0.25, 0.3) is 0 Å². The summed E-state index contributed by atoms with van der Waals surface area (Å²) >= 11 is 0. The number of nitrogens with one attached hydrogen (secondary N) is 1. The molecule has 4 atom stereocenters. The van der Waals surface area contributed by atoms with Crippen molar-refractivity contribution in [2.75, 3.05) is 6.54 Å². The number of benzene rings is 1. The summed E-state index contributed by atoms with van der Waals surface area (Å²) in [4.78, 5) is 0. The van der Waals surface area contributed by atoms with Crippen LogP contribution in [0.2, 0.25) is 0 Å². The Morgan fingerprint density at radius 3 is 2.63 bits per heavy atom. The first-order valence-electron chi connectivity index (χ1n) is 8.12. The Kier molecular flexibility index (Phi) is 4.22. The van der Waals surface area contributed by atoms with Crippen LogP contribution in [0.1, 0.15) is 44.6 Å². The summed E-state index contributed by atoms with van der Waals surface area (Å²) in [5.41, 5.74) is 1.47. The van der Waals surface area contributed by atoms with Crippen molar-refractivity contribution in [3.8, 4) is 0 Å². The highest BCUT2D eigenvalue weighted by Gasteiger charge is 2.39. The second-order valence-corrected chi connectivity index (χ2v) is 6.64. The Labute approximate surface area is 117 Å². The summed E-state index contributed by atoms with van der Waals surface area (Å²) in [6.45, 7) is 3.56. The Morgan fingerprint density at radius 1 is 1.16 bits per heavy atom. The number of hydrogen-bond acceptors (Lipinski definition) is 1. The van der Waals surface area contributed by atoms with Crippen LogP contribution in [-0.4, -0.2) is 12.6 Å². The minimum atomic E-state index is 0.654. The van der Waals surface area contributed by atoms with Crippen LogP contribution >= 0.6 is 0 Å². The first-order valence-corrected chi connectivity index (χ1v) is 8.12. The summed E-state index contributed by atoms with van der Waals surface area (Å²) in [7, 11) is 0. The predicted molar refractivity (Wildman–Crippen MR) is 81.2 cm³/mol. The zero-order valence-corrected chi connectivity index (χ0v) is 12.1. The van der Waals surface area contributed by atoms with Crippen molar-refractivity contribution in [1.82, 2.24) is 5.32 Å². The van der Waals surface area contributed by atoms with E-state index in [1.54, 1.807) is 0 Å². The maximum absolute atomic E-state index is 3.84. The molecule has 4 unspecified atom stereocenters. The molecule has 2 bridgehead atoms. The highest BCUT2D eigenvalue weighted by molar-refractivity contribution is 5.15. The highest BCUT2D eigenvalue weighted by atomic mass is 14.9. The average Bonchev–Trinajstić information content (AvgIpc) is 3.07. The van der Waals surface area contributed by atoms with E-state index in [1.807, 2.05) is 0 Å². The topological polar surface area (TPSA) is 12.0 Å². The third-order valence-corrected chi connectivity index (χ3v) is 5.37. The molecule has 2 aliphatic rings. The summed E-state index contributed by atoms with van der Waals surface area (Å²) in [6.07, 6.45) is 8.46. The number of rotatable bonds is 6. The van der Waals surface area contributed by atoms with Gasteiger partial charge in [0.2, 0.25) is 0 Å². The first kappa shape index (κ1) is 13.2. The standard InChI is InChI=1S/C18H27N/c1-2-18(12-14-6-4-3-5-7-14)19-13-17-11-15-8-9-16(17)10-15/h3-7,15-19H,2,8-13H2,1H3. The third-order valence-electron chi connectivity index (χ3n) is 5.37. The Balaban J connectivity index is 1.47. The Hall–Kier alpha value is -0.820. The van der Waals surface area contributed by atoms with Crippen molar-refractivity contribution in [2.45, 2.75) is 51.5 Å². The molecule has 1 aromatic rings. The number of hydrogen-bond donors (Lipinski definition) is 1. The molecule has 2 fully saturated rings. The van der Waals surface area contributed by atoms with Gasteiger partial charge in [0, 0.05) is 6.04 Å². The van der Waals surface area contributed by atoms with Crippen molar-refractivity contribution in [2.24, 2.45) is 17.8 Å². The van der Waals surface area contributed by atoms with Crippen LogP contribution in [0.4, 0.5) is 0 Å². The van der Waals surface area contributed by atoms with Crippen LogP contribution in [0.5, 0.6) is 0 Å². The van der Waals surface area contributed by atoms with Gasteiger partial charge in [0.1, 0.15) is 0 Å². The van der Waals surface area contributed by atoms with Crippen molar-refractivity contribution in [1.29, 1.82) is 0 Å². The molecule has 3 rings (SSSR count). The molecule has 1 heteroatoms. The van der Waals surface area contributed by atoms with Crippen LogP contribution < -0.4 is 5.32 Å². The van der Waals surface area contributed by atoms with Gasteiger partial charge in [-0.2, -0.15) is 0 Å². The van der Waals surface area contributed by atoms with E-state index in [1.165, 1.54) is 50.6 Å². The van der Waals surface area contributed by atoms with Gasteiger partial charge in [-0.05, 0) is 62.0 Å². The molecular weight excluding hydrogens is 230 g/mol. The zero-order chi connectivity index (χ0) is 13.1. The second-order valence-electron chi connectivity index (χ2n) is 6.64. The molecular formula is C18H27N. The van der Waals surface area contributed by atoms with Crippen LogP contribution in [0, 0.1) is 17.8 Å². The normalized spacial score (nSPS) is 30.7. The van der Waals surface area contributed by atoms with Crippen LogP contribution in [-0.2, 0) is 6.42 Å². The Morgan fingerprint density at radius 2 is 2.00 bits per heavy atom. The van der Waals surface area contributed by atoms with Gasteiger partial charge in [-0.3, -0.25) is 0 Å². The molecule has 0 radical (unpaired) electrons. The zero-order valence-electron chi connectivity index (χ0n) is 12.1. The fraction of sp³-hybridized carbons (Fsp3) is 0.667. The Bertz CT molecular complexity index is 386. The average molecular weight is 257 g/mol. The highest BCUT2D eigenvalue weighted by Crippen LogP contribution is 2.47. The molecule has 1 aromatic carbocycles. The van der Waals surface area contributed by atoms with E-state index in [9.17, 15) is 0 Å². The van der Waals surface area contributed by atoms with Crippen LogP contribution in [0.15, 0.2) is 30.3 Å². The largest absolute Gasteiger partial charge is 0.313 e. The summed E-state index contributed by atoms with van der Waals surface area (Å²) in [6, 6.07) is 11.6. The molecule has 2 aliphatic carbocycles. The number of fused-ring (bicyclic) bond motifs is 2. The first-order chi connectivity index (χ1) is 9.35.